The van der Waals surface area contributed by atoms with Crippen molar-refractivity contribution in [2.45, 2.75) is 33.9 Å². The fraction of sp³-hybridized carbons (Fsp3) is 0.250. The summed E-state index contributed by atoms with van der Waals surface area (Å²) in [6.07, 6.45) is 0. The highest BCUT2D eigenvalue weighted by Gasteiger charge is 2.13. The van der Waals surface area contributed by atoms with Gasteiger partial charge in [0.25, 0.3) is 5.91 Å². The number of aryl methyl sites for hydroxylation is 2. The van der Waals surface area contributed by atoms with E-state index >= 15 is 0 Å². The summed E-state index contributed by atoms with van der Waals surface area (Å²) in [6, 6.07) is 13.4. The summed E-state index contributed by atoms with van der Waals surface area (Å²) in [4.78, 5) is 12.5. The van der Waals surface area contributed by atoms with E-state index < -0.39 is 0 Å². The van der Waals surface area contributed by atoms with Gasteiger partial charge in [0.2, 0.25) is 0 Å². The molecule has 1 heterocycles. The van der Waals surface area contributed by atoms with Gasteiger partial charge in [-0.15, -0.1) is 0 Å². The lowest BCUT2D eigenvalue weighted by Gasteiger charge is -2.08. The van der Waals surface area contributed by atoms with Crippen molar-refractivity contribution in [2.75, 3.05) is 0 Å². The van der Waals surface area contributed by atoms with Gasteiger partial charge in [0, 0.05) is 40.3 Å². The van der Waals surface area contributed by atoms with Gasteiger partial charge in [-0.25, -0.2) is 0 Å². The van der Waals surface area contributed by atoms with Gasteiger partial charge in [0.1, 0.15) is 0 Å². The molecule has 3 rings (SSSR count). The van der Waals surface area contributed by atoms with Crippen molar-refractivity contribution >= 4 is 28.4 Å². The number of fused-ring (bicyclic) bond motifs is 1. The van der Waals surface area contributed by atoms with Gasteiger partial charge >= 0.3 is 0 Å². The van der Waals surface area contributed by atoms with Gasteiger partial charge in [0.15, 0.2) is 0 Å². The number of benzene rings is 2. The average molecular weight is 341 g/mol. The molecule has 0 spiro atoms. The van der Waals surface area contributed by atoms with Crippen LogP contribution in [0.4, 0.5) is 0 Å². The van der Waals surface area contributed by atoms with Gasteiger partial charge in [-0.1, -0.05) is 29.8 Å². The van der Waals surface area contributed by atoms with E-state index in [-0.39, 0.29) is 5.91 Å². The summed E-state index contributed by atoms with van der Waals surface area (Å²) in [5.41, 5.74) is 5.24. The highest BCUT2D eigenvalue weighted by atomic mass is 35.5. The van der Waals surface area contributed by atoms with E-state index in [0.717, 1.165) is 17.5 Å². The van der Waals surface area contributed by atoms with Crippen LogP contribution in [0.1, 0.15) is 34.1 Å². The molecule has 0 aliphatic rings. The second-order valence-electron chi connectivity index (χ2n) is 5.96. The summed E-state index contributed by atoms with van der Waals surface area (Å²) in [5, 5.41) is 4.75. The Bertz CT molecular complexity index is 911. The number of nitrogens with one attached hydrogen (secondary N) is 1. The van der Waals surface area contributed by atoms with Gasteiger partial charge in [-0.2, -0.15) is 0 Å². The van der Waals surface area contributed by atoms with Crippen molar-refractivity contribution < 1.29 is 4.79 Å². The van der Waals surface area contributed by atoms with Crippen molar-refractivity contribution in [3.05, 3.63) is 69.9 Å². The zero-order valence-electron chi connectivity index (χ0n) is 14.2. The molecule has 2 aromatic carbocycles. The van der Waals surface area contributed by atoms with Crippen LogP contribution in [0.2, 0.25) is 5.02 Å². The van der Waals surface area contributed by atoms with Crippen molar-refractivity contribution in [3.8, 4) is 0 Å². The Morgan fingerprint density at radius 1 is 1.17 bits per heavy atom. The maximum absolute atomic E-state index is 12.5. The van der Waals surface area contributed by atoms with Crippen LogP contribution in [0.3, 0.4) is 0 Å². The summed E-state index contributed by atoms with van der Waals surface area (Å²) in [6.45, 7) is 7.71. The van der Waals surface area contributed by atoms with Crippen LogP contribution >= 0.6 is 11.6 Å². The number of aromatic nitrogens is 1. The first kappa shape index (κ1) is 16.6. The highest BCUT2D eigenvalue weighted by Crippen LogP contribution is 2.26. The van der Waals surface area contributed by atoms with Crippen molar-refractivity contribution in [1.29, 1.82) is 0 Å². The van der Waals surface area contributed by atoms with Gasteiger partial charge in [0.05, 0.1) is 0 Å². The summed E-state index contributed by atoms with van der Waals surface area (Å²) < 4.78 is 2.27. The molecule has 24 heavy (non-hydrogen) atoms. The normalized spacial score (nSPS) is 11.0. The molecule has 1 N–H and O–H groups in total. The number of hydrogen-bond donors (Lipinski definition) is 1. The minimum absolute atomic E-state index is 0.0851. The lowest BCUT2D eigenvalue weighted by molar-refractivity contribution is 0.0951. The first-order valence-corrected chi connectivity index (χ1v) is 8.51. The standard InChI is InChI=1S/C20H21ClN2O/c1-4-23-14(3)13(2)17-11-15(9-10-19(17)23)20(24)22-12-16-7-5-6-8-18(16)21/h5-11H,4,12H2,1-3H3,(H,22,24). The van der Waals surface area contributed by atoms with E-state index in [4.69, 9.17) is 11.6 Å². The Balaban J connectivity index is 1.85. The molecule has 0 unspecified atom stereocenters. The van der Waals surface area contributed by atoms with Crippen molar-refractivity contribution in [1.82, 2.24) is 9.88 Å². The largest absolute Gasteiger partial charge is 0.348 e. The number of halogens is 1. The zero-order valence-corrected chi connectivity index (χ0v) is 14.9. The van der Waals surface area contributed by atoms with Crippen molar-refractivity contribution in [2.24, 2.45) is 0 Å². The molecule has 0 atom stereocenters. The number of amides is 1. The first-order valence-electron chi connectivity index (χ1n) is 8.14. The van der Waals surface area contributed by atoms with Crippen LogP contribution < -0.4 is 5.32 Å². The van der Waals surface area contributed by atoms with Crippen molar-refractivity contribution in [3.63, 3.8) is 0 Å². The van der Waals surface area contributed by atoms with Crippen LogP contribution in [-0.2, 0) is 13.1 Å². The molecule has 4 heteroatoms. The Kier molecular flexibility index (Phi) is 4.63. The third kappa shape index (κ3) is 2.92. The van der Waals surface area contributed by atoms with E-state index in [1.807, 2.05) is 42.5 Å². The quantitative estimate of drug-likeness (QED) is 0.723. The Morgan fingerprint density at radius 2 is 1.92 bits per heavy atom. The van der Waals surface area contributed by atoms with Crippen LogP contribution in [0.25, 0.3) is 10.9 Å². The number of carbonyl (C=O) groups excluding carboxylic acids is 1. The van der Waals surface area contributed by atoms with Crippen LogP contribution in [0, 0.1) is 13.8 Å². The highest BCUT2D eigenvalue weighted by molar-refractivity contribution is 6.31. The van der Waals surface area contributed by atoms with E-state index in [0.29, 0.717) is 17.1 Å². The summed E-state index contributed by atoms with van der Waals surface area (Å²) in [5.74, 6) is -0.0851. The van der Waals surface area contributed by atoms with E-state index in [1.165, 1.54) is 16.8 Å². The monoisotopic (exact) mass is 340 g/mol. The van der Waals surface area contributed by atoms with Crippen LogP contribution in [-0.4, -0.2) is 10.5 Å². The third-order valence-electron chi connectivity index (χ3n) is 4.61. The average Bonchev–Trinajstić information content (AvgIpc) is 2.84. The second kappa shape index (κ2) is 6.70. The molecule has 3 nitrogen and oxygen atoms in total. The zero-order chi connectivity index (χ0) is 17.3. The maximum atomic E-state index is 12.5. The lowest BCUT2D eigenvalue weighted by atomic mass is 10.1. The minimum Gasteiger partial charge on any atom is -0.348 e. The third-order valence-corrected chi connectivity index (χ3v) is 4.98. The predicted molar refractivity (Wildman–Crippen MR) is 99.7 cm³/mol. The fourth-order valence-corrected chi connectivity index (χ4v) is 3.32. The van der Waals surface area contributed by atoms with E-state index in [1.54, 1.807) is 0 Å². The fourth-order valence-electron chi connectivity index (χ4n) is 3.12. The number of carbonyl (C=O) groups is 1. The molecule has 1 aromatic heterocycles. The first-order chi connectivity index (χ1) is 11.5. The molecule has 0 saturated carbocycles. The van der Waals surface area contributed by atoms with Crippen LogP contribution in [0.5, 0.6) is 0 Å². The Labute approximate surface area is 147 Å². The molecular formula is C20H21ClN2O. The SMILES string of the molecule is CCn1c(C)c(C)c2cc(C(=O)NCc3ccccc3Cl)ccc21. The molecule has 0 saturated heterocycles. The molecule has 1 amide bonds. The molecule has 124 valence electrons. The molecule has 0 radical (unpaired) electrons. The maximum Gasteiger partial charge on any atom is 0.251 e. The second-order valence-corrected chi connectivity index (χ2v) is 6.37. The number of nitrogens with zero attached hydrogens (tertiary/aromatic N) is 1. The van der Waals surface area contributed by atoms with Gasteiger partial charge < -0.3 is 9.88 Å². The van der Waals surface area contributed by atoms with E-state index in [9.17, 15) is 4.79 Å². The minimum atomic E-state index is -0.0851. The smallest absolute Gasteiger partial charge is 0.251 e. The van der Waals surface area contributed by atoms with Crippen LogP contribution in [0.15, 0.2) is 42.5 Å². The number of hydrogen-bond acceptors (Lipinski definition) is 1. The molecule has 0 aliphatic carbocycles. The lowest BCUT2D eigenvalue weighted by Crippen LogP contribution is -2.22. The van der Waals surface area contributed by atoms with E-state index in [2.05, 4.69) is 30.7 Å². The summed E-state index contributed by atoms with van der Waals surface area (Å²) in [7, 11) is 0. The molecule has 0 fully saturated rings. The molecular weight excluding hydrogens is 320 g/mol. The Hall–Kier alpha value is -2.26. The topological polar surface area (TPSA) is 34.0 Å². The van der Waals surface area contributed by atoms with Gasteiger partial charge in [-0.05, 0) is 56.2 Å². The number of rotatable bonds is 4. The van der Waals surface area contributed by atoms with Gasteiger partial charge in [-0.3, -0.25) is 4.79 Å². The predicted octanol–water partition coefficient (Wildman–Crippen LogP) is 4.86. The molecule has 3 aromatic rings. The molecule has 0 aliphatic heterocycles. The summed E-state index contributed by atoms with van der Waals surface area (Å²) >= 11 is 6.13. The molecule has 0 bridgehead atoms. The Morgan fingerprint density at radius 3 is 2.62 bits per heavy atom.